The van der Waals surface area contributed by atoms with Crippen molar-refractivity contribution in [3.63, 3.8) is 0 Å². The Morgan fingerprint density at radius 3 is 2.50 bits per heavy atom. The van der Waals surface area contributed by atoms with Crippen molar-refractivity contribution in [2.75, 3.05) is 0 Å². The summed E-state index contributed by atoms with van der Waals surface area (Å²) in [5, 5.41) is 4.69. The van der Waals surface area contributed by atoms with Crippen molar-refractivity contribution in [3.05, 3.63) is 94.0 Å². The topological polar surface area (TPSA) is 75.4 Å². The number of para-hydroxylation sites is 1. The van der Waals surface area contributed by atoms with Crippen molar-refractivity contribution < 1.29 is 9.53 Å². The average Bonchev–Trinajstić information content (AvgIpc) is 3.20. The number of ether oxygens (including phenoxy) is 1. The molecule has 0 radical (unpaired) electrons. The molecule has 1 amide bonds. The minimum absolute atomic E-state index is 0.383. The number of amides is 1. The van der Waals surface area contributed by atoms with Gasteiger partial charge in [0.25, 0.3) is 5.91 Å². The second-order valence-corrected chi connectivity index (χ2v) is 8.32. The molecule has 5 nitrogen and oxygen atoms in total. The van der Waals surface area contributed by atoms with E-state index < -0.39 is 11.8 Å². The number of hydrogen-bond donors (Lipinski definition) is 1. The Morgan fingerprint density at radius 2 is 1.80 bits per heavy atom. The lowest BCUT2D eigenvalue weighted by atomic mass is 9.91. The van der Waals surface area contributed by atoms with E-state index >= 15 is 0 Å². The quantitative estimate of drug-likeness (QED) is 0.340. The molecule has 0 bridgehead atoms. The number of carbonyl (C=O) groups is 1. The van der Waals surface area contributed by atoms with E-state index in [0.29, 0.717) is 23.8 Å². The zero-order valence-electron chi connectivity index (χ0n) is 15.9. The van der Waals surface area contributed by atoms with Gasteiger partial charge < -0.3 is 4.74 Å². The number of rotatable bonds is 7. The highest BCUT2D eigenvalue weighted by atomic mass is 35.5. The fraction of sp³-hybridized carbons (Fsp3) is 0.130. The minimum Gasteiger partial charge on any atom is -0.486 e. The maximum absolute atomic E-state index is 12.2. The molecule has 0 aliphatic carbocycles. The molecule has 150 valence electrons. The van der Waals surface area contributed by atoms with Gasteiger partial charge in [-0.2, -0.15) is 0 Å². The van der Waals surface area contributed by atoms with Crippen LogP contribution in [0.1, 0.15) is 22.1 Å². The first-order chi connectivity index (χ1) is 14.6. The first-order valence-electron chi connectivity index (χ1n) is 9.35. The lowest BCUT2D eigenvalue weighted by Gasteiger charge is -2.14. The largest absolute Gasteiger partial charge is 0.486 e. The summed E-state index contributed by atoms with van der Waals surface area (Å²) in [6.07, 6.45) is 0.449. The number of nitrogens with zero attached hydrogens (tertiary/aromatic N) is 2. The third kappa shape index (κ3) is 4.72. The van der Waals surface area contributed by atoms with E-state index in [1.165, 1.54) is 0 Å². The predicted molar refractivity (Wildman–Crippen MR) is 118 cm³/mol. The Hall–Kier alpha value is -3.09. The van der Waals surface area contributed by atoms with E-state index in [2.05, 4.69) is 10.1 Å². The fourth-order valence-corrected chi connectivity index (χ4v) is 4.21. The van der Waals surface area contributed by atoms with Crippen molar-refractivity contribution in [1.29, 1.82) is 5.53 Å². The van der Waals surface area contributed by atoms with Gasteiger partial charge in [-0.1, -0.05) is 48.0 Å². The van der Waals surface area contributed by atoms with Crippen molar-refractivity contribution in [3.8, 4) is 5.75 Å². The molecule has 0 aliphatic heterocycles. The maximum atomic E-state index is 12.2. The standard InChI is InChI=1S/C23H18ClN3O2S/c24-17-9-5-15(6-10-17)13-19(23(28)27-25)16-7-11-18(12-8-16)29-14-22-26-20-3-1-2-4-21(20)30-22/h1-12,19,25H,13-14H2. The number of hydrogen-bond acceptors (Lipinski definition) is 5. The molecule has 0 spiro atoms. The van der Waals surface area contributed by atoms with Crippen LogP contribution in [-0.4, -0.2) is 10.9 Å². The summed E-state index contributed by atoms with van der Waals surface area (Å²) in [7, 11) is 0. The molecule has 3 aromatic carbocycles. The van der Waals surface area contributed by atoms with Gasteiger partial charge in [-0.15, -0.1) is 16.5 Å². The molecule has 1 N–H and O–H groups in total. The first kappa shape index (κ1) is 20.2. The van der Waals surface area contributed by atoms with Crippen LogP contribution >= 0.6 is 22.9 Å². The Balaban J connectivity index is 1.46. The molecule has 0 aliphatic rings. The molecular weight excluding hydrogens is 418 g/mol. The van der Waals surface area contributed by atoms with Crippen LogP contribution in [0.25, 0.3) is 10.2 Å². The number of benzene rings is 3. The Labute approximate surface area is 182 Å². The van der Waals surface area contributed by atoms with E-state index in [1.54, 1.807) is 23.5 Å². The van der Waals surface area contributed by atoms with Gasteiger partial charge in [-0.05, 0) is 53.9 Å². The molecule has 0 fully saturated rings. The summed E-state index contributed by atoms with van der Waals surface area (Å²) < 4.78 is 7.00. The average molecular weight is 436 g/mol. The van der Waals surface area contributed by atoms with Crippen LogP contribution < -0.4 is 4.74 Å². The Bertz CT molecular complexity index is 1140. The van der Waals surface area contributed by atoms with Crippen LogP contribution in [0.3, 0.4) is 0 Å². The third-order valence-corrected chi connectivity index (χ3v) is 6.01. The number of thiazole rings is 1. The van der Waals surface area contributed by atoms with Crippen molar-refractivity contribution in [2.45, 2.75) is 18.9 Å². The van der Waals surface area contributed by atoms with Crippen LogP contribution in [0, 0.1) is 5.53 Å². The summed E-state index contributed by atoms with van der Waals surface area (Å²) >= 11 is 7.55. The zero-order valence-corrected chi connectivity index (χ0v) is 17.5. The maximum Gasteiger partial charge on any atom is 0.271 e. The fourth-order valence-electron chi connectivity index (χ4n) is 3.20. The number of nitrogens with one attached hydrogen (secondary N) is 1. The zero-order chi connectivity index (χ0) is 20.9. The van der Waals surface area contributed by atoms with Gasteiger partial charge in [0.2, 0.25) is 0 Å². The van der Waals surface area contributed by atoms with E-state index in [9.17, 15) is 4.79 Å². The van der Waals surface area contributed by atoms with Crippen molar-refractivity contribution in [1.82, 2.24) is 4.98 Å². The SMILES string of the molecule is N=NC(=O)C(Cc1ccc(Cl)cc1)c1ccc(OCc2nc3ccccc3s2)cc1. The molecule has 4 aromatic rings. The normalized spacial score (nSPS) is 11.9. The number of fused-ring (bicyclic) bond motifs is 1. The van der Waals surface area contributed by atoms with Gasteiger partial charge >= 0.3 is 0 Å². The molecule has 7 heteroatoms. The third-order valence-electron chi connectivity index (χ3n) is 4.74. The van der Waals surface area contributed by atoms with E-state index in [-0.39, 0.29) is 0 Å². The molecule has 1 unspecified atom stereocenters. The van der Waals surface area contributed by atoms with Crippen molar-refractivity contribution >= 4 is 39.1 Å². The summed E-state index contributed by atoms with van der Waals surface area (Å²) in [5.41, 5.74) is 9.88. The molecular formula is C23H18ClN3O2S. The smallest absolute Gasteiger partial charge is 0.271 e. The summed E-state index contributed by atoms with van der Waals surface area (Å²) in [6, 6.07) is 22.7. The van der Waals surface area contributed by atoms with Gasteiger partial charge in [0.15, 0.2) is 0 Å². The highest BCUT2D eigenvalue weighted by molar-refractivity contribution is 7.18. The van der Waals surface area contributed by atoms with E-state index in [1.807, 2.05) is 60.7 Å². The second kappa shape index (κ2) is 9.15. The molecule has 1 aromatic heterocycles. The van der Waals surface area contributed by atoms with Crippen LogP contribution in [0.4, 0.5) is 0 Å². The van der Waals surface area contributed by atoms with Gasteiger partial charge in [0, 0.05) is 5.02 Å². The number of aromatic nitrogens is 1. The summed E-state index contributed by atoms with van der Waals surface area (Å²) in [5.74, 6) is -0.311. The van der Waals surface area contributed by atoms with Crippen LogP contribution in [0.2, 0.25) is 5.02 Å². The van der Waals surface area contributed by atoms with Crippen LogP contribution in [0.15, 0.2) is 77.9 Å². The molecule has 1 heterocycles. The van der Waals surface area contributed by atoms with E-state index in [4.69, 9.17) is 21.9 Å². The van der Waals surface area contributed by atoms with Crippen LogP contribution in [0.5, 0.6) is 5.75 Å². The molecule has 0 saturated carbocycles. The van der Waals surface area contributed by atoms with Gasteiger partial charge in [0.05, 0.1) is 16.1 Å². The van der Waals surface area contributed by atoms with Gasteiger partial charge in [-0.3, -0.25) is 4.79 Å². The van der Waals surface area contributed by atoms with Crippen LogP contribution in [-0.2, 0) is 17.8 Å². The van der Waals surface area contributed by atoms with E-state index in [0.717, 1.165) is 26.4 Å². The second-order valence-electron chi connectivity index (χ2n) is 6.77. The monoisotopic (exact) mass is 435 g/mol. The van der Waals surface area contributed by atoms with Crippen molar-refractivity contribution in [2.24, 2.45) is 5.11 Å². The first-order valence-corrected chi connectivity index (χ1v) is 10.5. The lowest BCUT2D eigenvalue weighted by Crippen LogP contribution is -2.13. The lowest BCUT2D eigenvalue weighted by molar-refractivity contribution is -0.120. The minimum atomic E-state index is -0.526. The Kier molecular flexibility index (Phi) is 6.16. The summed E-state index contributed by atoms with van der Waals surface area (Å²) in [6.45, 7) is 0.383. The molecule has 0 saturated heterocycles. The number of carbonyl (C=O) groups excluding carboxylic acids is 1. The highest BCUT2D eigenvalue weighted by Gasteiger charge is 2.21. The molecule has 4 rings (SSSR count). The summed E-state index contributed by atoms with van der Waals surface area (Å²) in [4.78, 5) is 16.8. The number of halogens is 1. The molecule has 1 atom stereocenters. The van der Waals surface area contributed by atoms with Gasteiger partial charge in [-0.25, -0.2) is 10.5 Å². The predicted octanol–water partition coefficient (Wildman–Crippen LogP) is 6.41. The Morgan fingerprint density at radius 1 is 1.07 bits per heavy atom. The van der Waals surface area contributed by atoms with Gasteiger partial charge in [0.1, 0.15) is 17.4 Å². The molecule has 30 heavy (non-hydrogen) atoms. The highest BCUT2D eigenvalue weighted by Crippen LogP contribution is 2.27.